The maximum atomic E-state index is 13.1. The Kier molecular flexibility index (Phi) is 4.37. The summed E-state index contributed by atoms with van der Waals surface area (Å²) in [6, 6.07) is 13.3. The molecule has 0 saturated heterocycles. The number of carbonyl (C=O) groups excluding carboxylic acids is 2. The standard InChI is InChI=1S/C18H17FN2O2/c19-15-6-3-5-14(12-15)18(23)20-10-11-21-16-7-2-1-4-13(16)8-9-17(21)22/h1-7,12H,8-11H2,(H,20,23). The molecule has 0 saturated carbocycles. The third kappa shape index (κ3) is 3.39. The highest BCUT2D eigenvalue weighted by atomic mass is 19.1. The third-order valence-corrected chi connectivity index (χ3v) is 3.90. The first-order valence-electron chi connectivity index (χ1n) is 7.57. The number of para-hydroxylation sites is 1. The fourth-order valence-corrected chi connectivity index (χ4v) is 2.75. The molecule has 0 aromatic heterocycles. The molecule has 0 radical (unpaired) electrons. The number of anilines is 1. The highest BCUT2D eigenvalue weighted by Gasteiger charge is 2.23. The van der Waals surface area contributed by atoms with E-state index in [1.807, 2.05) is 24.3 Å². The van der Waals surface area contributed by atoms with E-state index in [1.165, 1.54) is 18.2 Å². The Bertz CT molecular complexity index is 745. The van der Waals surface area contributed by atoms with Gasteiger partial charge in [-0.05, 0) is 36.2 Å². The van der Waals surface area contributed by atoms with Crippen LogP contribution in [-0.2, 0) is 11.2 Å². The fourth-order valence-electron chi connectivity index (χ4n) is 2.75. The topological polar surface area (TPSA) is 49.4 Å². The number of aryl methyl sites for hydroxylation is 1. The van der Waals surface area contributed by atoms with Gasteiger partial charge in [0.2, 0.25) is 5.91 Å². The van der Waals surface area contributed by atoms with E-state index in [4.69, 9.17) is 0 Å². The van der Waals surface area contributed by atoms with Gasteiger partial charge in [-0.2, -0.15) is 0 Å². The van der Waals surface area contributed by atoms with Gasteiger partial charge in [0.1, 0.15) is 5.82 Å². The number of halogens is 1. The van der Waals surface area contributed by atoms with Gasteiger partial charge in [0, 0.05) is 30.8 Å². The van der Waals surface area contributed by atoms with Crippen molar-refractivity contribution in [3.8, 4) is 0 Å². The van der Waals surface area contributed by atoms with Crippen LogP contribution in [-0.4, -0.2) is 24.9 Å². The van der Waals surface area contributed by atoms with E-state index < -0.39 is 5.82 Å². The van der Waals surface area contributed by atoms with Crippen LogP contribution in [0.2, 0.25) is 0 Å². The number of hydrogen-bond acceptors (Lipinski definition) is 2. The second-order valence-corrected chi connectivity index (χ2v) is 5.44. The van der Waals surface area contributed by atoms with Gasteiger partial charge in [0.25, 0.3) is 5.91 Å². The molecule has 23 heavy (non-hydrogen) atoms. The number of hydrogen-bond donors (Lipinski definition) is 1. The largest absolute Gasteiger partial charge is 0.350 e. The lowest BCUT2D eigenvalue weighted by molar-refractivity contribution is -0.118. The summed E-state index contributed by atoms with van der Waals surface area (Å²) in [4.78, 5) is 25.8. The van der Waals surface area contributed by atoms with E-state index in [0.29, 0.717) is 19.5 Å². The van der Waals surface area contributed by atoms with Crippen LogP contribution in [0.15, 0.2) is 48.5 Å². The summed E-state index contributed by atoms with van der Waals surface area (Å²) < 4.78 is 13.1. The average Bonchev–Trinajstić information content (AvgIpc) is 2.56. The van der Waals surface area contributed by atoms with Crippen LogP contribution in [0.25, 0.3) is 0 Å². The Morgan fingerprint density at radius 3 is 2.78 bits per heavy atom. The molecule has 4 nitrogen and oxygen atoms in total. The van der Waals surface area contributed by atoms with Crippen LogP contribution in [0.1, 0.15) is 22.3 Å². The first-order chi connectivity index (χ1) is 11.1. The van der Waals surface area contributed by atoms with Crippen LogP contribution in [0.5, 0.6) is 0 Å². The summed E-state index contributed by atoms with van der Waals surface area (Å²) in [6.45, 7) is 0.715. The van der Waals surface area contributed by atoms with Gasteiger partial charge >= 0.3 is 0 Å². The van der Waals surface area contributed by atoms with Crippen molar-refractivity contribution in [2.24, 2.45) is 0 Å². The number of fused-ring (bicyclic) bond motifs is 1. The van der Waals surface area contributed by atoms with Crippen molar-refractivity contribution in [1.29, 1.82) is 0 Å². The molecule has 0 atom stereocenters. The maximum absolute atomic E-state index is 13.1. The highest BCUT2D eigenvalue weighted by molar-refractivity contribution is 5.97. The quantitative estimate of drug-likeness (QED) is 0.943. The summed E-state index contributed by atoms with van der Waals surface area (Å²) >= 11 is 0. The molecule has 2 aromatic carbocycles. The summed E-state index contributed by atoms with van der Waals surface area (Å²) in [5, 5.41) is 2.73. The van der Waals surface area contributed by atoms with Crippen molar-refractivity contribution in [2.45, 2.75) is 12.8 Å². The molecule has 2 amide bonds. The number of amides is 2. The van der Waals surface area contributed by atoms with E-state index in [-0.39, 0.29) is 17.4 Å². The summed E-state index contributed by atoms with van der Waals surface area (Å²) in [7, 11) is 0. The minimum atomic E-state index is -0.446. The number of rotatable bonds is 4. The summed E-state index contributed by atoms with van der Waals surface area (Å²) in [6.07, 6.45) is 1.23. The predicted molar refractivity (Wildman–Crippen MR) is 85.8 cm³/mol. The smallest absolute Gasteiger partial charge is 0.251 e. The first-order valence-corrected chi connectivity index (χ1v) is 7.57. The molecule has 0 unspecified atom stereocenters. The molecule has 1 heterocycles. The number of carbonyl (C=O) groups is 2. The molecule has 0 bridgehead atoms. The molecule has 5 heteroatoms. The zero-order valence-corrected chi connectivity index (χ0v) is 12.6. The lowest BCUT2D eigenvalue weighted by Gasteiger charge is -2.29. The minimum Gasteiger partial charge on any atom is -0.350 e. The zero-order valence-electron chi connectivity index (χ0n) is 12.6. The van der Waals surface area contributed by atoms with Gasteiger partial charge in [0.15, 0.2) is 0 Å². The number of nitrogens with one attached hydrogen (secondary N) is 1. The molecule has 2 aromatic rings. The lowest BCUT2D eigenvalue weighted by Crippen LogP contribution is -2.41. The Hall–Kier alpha value is -2.69. The molecule has 118 valence electrons. The molecule has 1 N–H and O–H groups in total. The van der Waals surface area contributed by atoms with Crippen LogP contribution >= 0.6 is 0 Å². The second-order valence-electron chi connectivity index (χ2n) is 5.44. The average molecular weight is 312 g/mol. The molecule has 0 spiro atoms. The van der Waals surface area contributed by atoms with E-state index in [0.717, 1.165) is 17.7 Å². The minimum absolute atomic E-state index is 0.0590. The van der Waals surface area contributed by atoms with E-state index in [9.17, 15) is 14.0 Å². The summed E-state index contributed by atoms with van der Waals surface area (Å²) in [5.41, 5.74) is 2.32. The Labute approximate surface area is 133 Å². The zero-order chi connectivity index (χ0) is 16.2. The van der Waals surface area contributed by atoms with Crippen molar-refractivity contribution in [1.82, 2.24) is 5.32 Å². The Balaban J connectivity index is 1.62. The monoisotopic (exact) mass is 312 g/mol. The SMILES string of the molecule is O=C(NCCN1C(=O)CCc2ccccc21)c1cccc(F)c1. The Morgan fingerprint density at radius 1 is 1.13 bits per heavy atom. The lowest BCUT2D eigenvalue weighted by atomic mass is 10.0. The van der Waals surface area contributed by atoms with Crippen molar-refractivity contribution in [3.63, 3.8) is 0 Å². The molecule has 0 aliphatic carbocycles. The van der Waals surface area contributed by atoms with Crippen LogP contribution in [0, 0.1) is 5.82 Å². The fraction of sp³-hybridized carbons (Fsp3) is 0.222. The van der Waals surface area contributed by atoms with Gasteiger partial charge in [-0.3, -0.25) is 9.59 Å². The van der Waals surface area contributed by atoms with Gasteiger partial charge < -0.3 is 10.2 Å². The second kappa shape index (κ2) is 6.60. The number of nitrogens with zero attached hydrogens (tertiary/aromatic N) is 1. The van der Waals surface area contributed by atoms with Crippen molar-refractivity contribution >= 4 is 17.5 Å². The van der Waals surface area contributed by atoms with Crippen molar-refractivity contribution < 1.29 is 14.0 Å². The maximum Gasteiger partial charge on any atom is 0.251 e. The summed E-state index contributed by atoms with van der Waals surface area (Å²) in [5.74, 6) is -0.733. The number of benzene rings is 2. The van der Waals surface area contributed by atoms with Gasteiger partial charge in [-0.1, -0.05) is 24.3 Å². The first kappa shape index (κ1) is 15.2. The van der Waals surface area contributed by atoms with Gasteiger partial charge in [-0.25, -0.2) is 4.39 Å². The Morgan fingerprint density at radius 2 is 1.96 bits per heavy atom. The van der Waals surface area contributed by atoms with E-state index >= 15 is 0 Å². The van der Waals surface area contributed by atoms with E-state index in [2.05, 4.69) is 5.32 Å². The molecular formula is C18H17FN2O2. The molecular weight excluding hydrogens is 295 g/mol. The van der Waals surface area contributed by atoms with Crippen LogP contribution in [0.4, 0.5) is 10.1 Å². The van der Waals surface area contributed by atoms with Crippen molar-refractivity contribution in [2.75, 3.05) is 18.0 Å². The highest BCUT2D eigenvalue weighted by Crippen LogP contribution is 2.26. The molecule has 3 rings (SSSR count). The van der Waals surface area contributed by atoms with Crippen molar-refractivity contribution in [3.05, 3.63) is 65.5 Å². The normalized spacial score (nSPS) is 13.6. The van der Waals surface area contributed by atoms with Crippen LogP contribution in [0.3, 0.4) is 0 Å². The predicted octanol–water partition coefficient (Wildman–Crippen LogP) is 2.53. The van der Waals surface area contributed by atoms with Gasteiger partial charge in [-0.15, -0.1) is 0 Å². The molecule has 1 aliphatic rings. The van der Waals surface area contributed by atoms with E-state index in [1.54, 1.807) is 11.0 Å². The third-order valence-electron chi connectivity index (χ3n) is 3.90. The van der Waals surface area contributed by atoms with Gasteiger partial charge in [0.05, 0.1) is 0 Å². The molecule has 1 aliphatic heterocycles. The molecule has 0 fully saturated rings. The van der Waals surface area contributed by atoms with Crippen LogP contribution < -0.4 is 10.2 Å².